The van der Waals surface area contributed by atoms with Crippen LogP contribution in [0, 0.1) is 0 Å². The van der Waals surface area contributed by atoms with E-state index in [1.807, 2.05) is 47.2 Å². The zero-order valence-corrected chi connectivity index (χ0v) is 9.80. The van der Waals surface area contributed by atoms with Crippen molar-refractivity contribution in [2.75, 3.05) is 7.11 Å². The number of methoxy groups -OCH3 is 1. The van der Waals surface area contributed by atoms with E-state index in [0.29, 0.717) is 0 Å². The first-order chi connectivity index (χ1) is 8.33. The molecule has 0 aliphatic carbocycles. The van der Waals surface area contributed by atoms with Gasteiger partial charge in [-0.05, 0) is 36.2 Å². The Morgan fingerprint density at radius 3 is 2.65 bits per heavy atom. The van der Waals surface area contributed by atoms with Crippen molar-refractivity contribution >= 4 is 6.29 Å². The maximum Gasteiger partial charge on any atom is 0.166 e. The van der Waals surface area contributed by atoms with E-state index in [1.54, 1.807) is 7.11 Å². The van der Waals surface area contributed by atoms with Crippen LogP contribution in [-0.4, -0.2) is 18.0 Å². The van der Waals surface area contributed by atoms with Crippen LogP contribution in [0.3, 0.4) is 0 Å². The average Bonchev–Trinajstić information content (AvgIpc) is 2.84. The summed E-state index contributed by atoms with van der Waals surface area (Å²) in [4.78, 5) is 10.7. The van der Waals surface area contributed by atoms with Crippen LogP contribution in [0.1, 0.15) is 16.1 Å². The quantitative estimate of drug-likeness (QED) is 0.738. The van der Waals surface area contributed by atoms with Crippen molar-refractivity contribution in [2.24, 2.45) is 0 Å². The van der Waals surface area contributed by atoms with Crippen LogP contribution in [0.2, 0.25) is 0 Å². The average molecular weight is 229 g/mol. The summed E-state index contributed by atoms with van der Waals surface area (Å²) in [5.41, 5.74) is 1.95. The summed E-state index contributed by atoms with van der Waals surface area (Å²) in [6.07, 6.45) is 3.71. The summed E-state index contributed by atoms with van der Waals surface area (Å²) in [6, 6.07) is 11.7. The van der Waals surface area contributed by atoms with Crippen LogP contribution < -0.4 is 4.74 Å². The summed E-state index contributed by atoms with van der Waals surface area (Å²) in [7, 11) is 1.66. The Hall–Kier alpha value is -2.03. The molecule has 88 valence electrons. The molecule has 0 amide bonds. The molecule has 0 unspecified atom stereocenters. The number of carbonyl (C=O) groups is 1. The SMILES string of the molecule is COc1ccc(CCn2cccc2C=O)cc1. The first kappa shape index (κ1) is 11.5. The summed E-state index contributed by atoms with van der Waals surface area (Å²) in [5.74, 6) is 0.864. The molecule has 0 atom stereocenters. The van der Waals surface area contributed by atoms with E-state index < -0.39 is 0 Å². The van der Waals surface area contributed by atoms with Crippen molar-refractivity contribution < 1.29 is 9.53 Å². The smallest absolute Gasteiger partial charge is 0.166 e. The highest BCUT2D eigenvalue weighted by Gasteiger charge is 2.00. The molecule has 2 rings (SSSR count). The molecule has 0 aliphatic rings. The van der Waals surface area contributed by atoms with Crippen molar-refractivity contribution in [3.8, 4) is 5.75 Å². The Labute approximate surface area is 101 Å². The van der Waals surface area contributed by atoms with Crippen LogP contribution in [0.25, 0.3) is 0 Å². The van der Waals surface area contributed by atoms with Gasteiger partial charge in [0.25, 0.3) is 0 Å². The largest absolute Gasteiger partial charge is 0.497 e. The topological polar surface area (TPSA) is 31.2 Å². The molecule has 1 aromatic heterocycles. The van der Waals surface area contributed by atoms with Crippen LogP contribution in [-0.2, 0) is 13.0 Å². The van der Waals surface area contributed by atoms with E-state index in [2.05, 4.69) is 0 Å². The van der Waals surface area contributed by atoms with Crippen molar-refractivity contribution in [2.45, 2.75) is 13.0 Å². The fourth-order valence-electron chi connectivity index (χ4n) is 1.78. The first-order valence-electron chi connectivity index (χ1n) is 5.57. The predicted octanol–water partition coefficient (Wildman–Crippen LogP) is 2.55. The number of carbonyl (C=O) groups excluding carboxylic acids is 1. The van der Waals surface area contributed by atoms with Gasteiger partial charge >= 0.3 is 0 Å². The van der Waals surface area contributed by atoms with Crippen LogP contribution >= 0.6 is 0 Å². The van der Waals surface area contributed by atoms with Gasteiger partial charge in [0.05, 0.1) is 12.8 Å². The van der Waals surface area contributed by atoms with Gasteiger partial charge in [-0.15, -0.1) is 0 Å². The minimum absolute atomic E-state index is 0.721. The van der Waals surface area contributed by atoms with Gasteiger partial charge in [0.15, 0.2) is 6.29 Å². The lowest BCUT2D eigenvalue weighted by molar-refractivity contribution is 0.111. The van der Waals surface area contributed by atoms with Gasteiger partial charge in [0.1, 0.15) is 5.75 Å². The highest BCUT2D eigenvalue weighted by atomic mass is 16.5. The van der Waals surface area contributed by atoms with Gasteiger partial charge in [0, 0.05) is 12.7 Å². The number of hydrogen-bond acceptors (Lipinski definition) is 2. The fourth-order valence-corrected chi connectivity index (χ4v) is 1.78. The summed E-state index contributed by atoms with van der Waals surface area (Å²) in [6.45, 7) is 0.813. The molecule has 2 aromatic rings. The van der Waals surface area contributed by atoms with E-state index in [-0.39, 0.29) is 0 Å². The highest BCUT2D eigenvalue weighted by molar-refractivity contribution is 5.72. The third kappa shape index (κ3) is 2.75. The monoisotopic (exact) mass is 229 g/mol. The molecule has 0 saturated heterocycles. The second kappa shape index (κ2) is 5.34. The second-order valence-electron chi connectivity index (χ2n) is 3.84. The summed E-state index contributed by atoms with van der Waals surface area (Å²) < 4.78 is 7.06. The third-order valence-corrected chi connectivity index (χ3v) is 2.79. The van der Waals surface area contributed by atoms with Gasteiger partial charge in [-0.2, -0.15) is 0 Å². The predicted molar refractivity (Wildman–Crippen MR) is 66.5 cm³/mol. The highest BCUT2D eigenvalue weighted by Crippen LogP contribution is 2.12. The van der Waals surface area contributed by atoms with Gasteiger partial charge in [-0.25, -0.2) is 0 Å². The number of aldehydes is 1. The Bertz CT molecular complexity index is 485. The molecule has 0 fully saturated rings. The number of aromatic nitrogens is 1. The van der Waals surface area contributed by atoms with Crippen molar-refractivity contribution in [1.29, 1.82) is 0 Å². The summed E-state index contributed by atoms with van der Waals surface area (Å²) >= 11 is 0. The standard InChI is InChI=1S/C14H15NO2/c1-17-14-6-4-12(5-7-14)8-10-15-9-2-3-13(15)11-16/h2-7,9,11H,8,10H2,1H3. The van der Waals surface area contributed by atoms with E-state index >= 15 is 0 Å². The number of ether oxygens (including phenoxy) is 1. The number of rotatable bonds is 5. The lowest BCUT2D eigenvalue weighted by Gasteiger charge is -2.06. The Morgan fingerprint density at radius 2 is 2.00 bits per heavy atom. The van der Waals surface area contributed by atoms with Crippen molar-refractivity contribution in [3.63, 3.8) is 0 Å². The maximum atomic E-state index is 10.7. The molecule has 0 radical (unpaired) electrons. The molecule has 1 aromatic carbocycles. The molecular weight excluding hydrogens is 214 g/mol. The lowest BCUT2D eigenvalue weighted by atomic mass is 10.1. The zero-order valence-electron chi connectivity index (χ0n) is 9.80. The number of benzene rings is 1. The number of nitrogens with zero attached hydrogens (tertiary/aromatic N) is 1. The summed E-state index contributed by atoms with van der Waals surface area (Å²) in [5, 5.41) is 0. The van der Waals surface area contributed by atoms with Crippen molar-refractivity contribution in [3.05, 3.63) is 53.9 Å². The molecule has 0 bridgehead atoms. The molecule has 17 heavy (non-hydrogen) atoms. The van der Waals surface area contributed by atoms with Crippen molar-refractivity contribution in [1.82, 2.24) is 4.57 Å². The lowest BCUT2D eigenvalue weighted by Crippen LogP contribution is -2.03. The second-order valence-corrected chi connectivity index (χ2v) is 3.84. The molecule has 3 heteroatoms. The normalized spacial score (nSPS) is 10.2. The van der Waals surface area contributed by atoms with E-state index in [9.17, 15) is 4.79 Å². The maximum absolute atomic E-state index is 10.7. The number of aryl methyl sites for hydroxylation is 2. The Morgan fingerprint density at radius 1 is 1.24 bits per heavy atom. The van der Waals surface area contributed by atoms with E-state index in [0.717, 1.165) is 30.7 Å². The molecule has 3 nitrogen and oxygen atoms in total. The molecule has 0 N–H and O–H groups in total. The van der Waals surface area contributed by atoms with E-state index in [1.165, 1.54) is 5.56 Å². The number of hydrogen-bond donors (Lipinski definition) is 0. The van der Waals surface area contributed by atoms with Gasteiger partial charge < -0.3 is 9.30 Å². The zero-order chi connectivity index (χ0) is 12.1. The molecule has 0 aliphatic heterocycles. The molecule has 1 heterocycles. The molecular formula is C14H15NO2. The molecule has 0 spiro atoms. The minimum Gasteiger partial charge on any atom is -0.497 e. The third-order valence-electron chi connectivity index (χ3n) is 2.79. The first-order valence-corrected chi connectivity index (χ1v) is 5.57. The minimum atomic E-state index is 0.721. The van der Waals surface area contributed by atoms with Gasteiger partial charge in [-0.1, -0.05) is 12.1 Å². The van der Waals surface area contributed by atoms with Gasteiger partial charge in [-0.3, -0.25) is 4.79 Å². The van der Waals surface area contributed by atoms with Crippen LogP contribution in [0.15, 0.2) is 42.6 Å². The van der Waals surface area contributed by atoms with Crippen LogP contribution in [0.5, 0.6) is 5.75 Å². The van der Waals surface area contributed by atoms with Crippen LogP contribution in [0.4, 0.5) is 0 Å². The van der Waals surface area contributed by atoms with E-state index in [4.69, 9.17) is 4.74 Å². The fraction of sp³-hybridized carbons (Fsp3) is 0.214. The Kier molecular flexibility index (Phi) is 3.60. The molecule has 0 saturated carbocycles. The van der Waals surface area contributed by atoms with Gasteiger partial charge in [0.2, 0.25) is 0 Å². The Balaban J connectivity index is 1.99.